The number of rotatable bonds is 2. The van der Waals surface area contributed by atoms with E-state index >= 15 is 0 Å². The molecule has 0 aromatic heterocycles. The smallest absolute Gasteiger partial charge is 0.411 e. The topological polar surface area (TPSA) is 66.8 Å². The fourth-order valence-corrected chi connectivity index (χ4v) is 2.58. The van der Waals surface area contributed by atoms with Crippen molar-refractivity contribution < 1.29 is 19.4 Å². The average Bonchev–Trinajstić information content (AvgIpc) is 2.27. The number of likely N-dealkylation sites (tertiary alicyclic amines) is 1. The molecule has 6 heteroatoms. The van der Waals surface area contributed by atoms with Crippen LogP contribution < -0.4 is 0 Å². The summed E-state index contributed by atoms with van der Waals surface area (Å²) in [5.74, 6) is -1.22. The summed E-state index contributed by atoms with van der Waals surface area (Å²) in [4.78, 5) is 24.7. The number of carbonyl (C=O) groups is 2. The highest BCUT2D eigenvalue weighted by Gasteiger charge is 2.48. The molecule has 1 heterocycles. The minimum absolute atomic E-state index is 0.205. The van der Waals surface area contributed by atoms with Gasteiger partial charge in [0.25, 0.3) is 0 Å². The van der Waals surface area contributed by atoms with Gasteiger partial charge in [-0.15, -0.1) is 0 Å². The number of ether oxygens (including phenoxy) is 1. The van der Waals surface area contributed by atoms with Crippen molar-refractivity contribution in [1.82, 2.24) is 4.90 Å². The summed E-state index contributed by atoms with van der Waals surface area (Å²) in [5.41, 5.74) is 0.272. The number of hydrogen-bond donors (Lipinski definition) is 1. The summed E-state index contributed by atoms with van der Waals surface area (Å²) in [6.45, 7) is 5.62. The Kier molecular flexibility index (Phi) is 4.27. The van der Waals surface area contributed by atoms with Crippen molar-refractivity contribution >= 4 is 28.0 Å². The van der Waals surface area contributed by atoms with E-state index in [0.29, 0.717) is 6.54 Å². The number of halogens is 1. The molecule has 0 radical (unpaired) electrons. The number of benzene rings is 1. The van der Waals surface area contributed by atoms with Crippen molar-refractivity contribution in [2.45, 2.75) is 38.3 Å². The average molecular weight is 356 g/mol. The van der Waals surface area contributed by atoms with Crippen LogP contribution in [0.15, 0.2) is 28.7 Å². The highest BCUT2D eigenvalue weighted by molar-refractivity contribution is 9.10. The third kappa shape index (κ3) is 3.56. The zero-order valence-corrected chi connectivity index (χ0v) is 13.8. The molecule has 0 bridgehead atoms. The summed E-state index contributed by atoms with van der Waals surface area (Å²) in [6, 6.07) is 6.60. The Balaban J connectivity index is 2.13. The van der Waals surface area contributed by atoms with E-state index in [1.54, 1.807) is 20.8 Å². The Morgan fingerprint density at radius 1 is 1.29 bits per heavy atom. The van der Waals surface area contributed by atoms with Crippen LogP contribution >= 0.6 is 15.9 Å². The van der Waals surface area contributed by atoms with E-state index in [1.807, 2.05) is 24.3 Å². The fraction of sp³-hybridized carbons (Fsp3) is 0.467. The Morgan fingerprint density at radius 2 is 1.86 bits per heavy atom. The largest absolute Gasteiger partial charge is 0.480 e. The lowest BCUT2D eigenvalue weighted by Crippen LogP contribution is -2.61. The zero-order valence-electron chi connectivity index (χ0n) is 12.2. The van der Waals surface area contributed by atoms with Crippen molar-refractivity contribution in [3.8, 4) is 0 Å². The Bertz CT molecular complexity index is 550. The Labute approximate surface area is 132 Å². The lowest BCUT2D eigenvalue weighted by atomic mass is 9.83. The normalized spacial score (nSPS) is 21.6. The summed E-state index contributed by atoms with van der Waals surface area (Å²) >= 11 is 3.35. The van der Waals surface area contributed by atoms with Crippen LogP contribution in [0.1, 0.15) is 32.3 Å². The molecule has 1 aromatic rings. The van der Waals surface area contributed by atoms with Crippen LogP contribution in [0.5, 0.6) is 0 Å². The predicted octanol–water partition coefficient (Wildman–Crippen LogP) is 3.24. The maximum absolute atomic E-state index is 12.0. The van der Waals surface area contributed by atoms with Crippen LogP contribution in [0.4, 0.5) is 4.79 Å². The molecule has 21 heavy (non-hydrogen) atoms. The zero-order chi connectivity index (χ0) is 15.8. The molecule has 1 saturated heterocycles. The van der Waals surface area contributed by atoms with Gasteiger partial charge >= 0.3 is 12.1 Å². The highest BCUT2D eigenvalue weighted by Crippen LogP contribution is 2.36. The van der Waals surface area contributed by atoms with E-state index < -0.39 is 23.7 Å². The minimum atomic E-state index is -1.01. The fourth-order valence-electron chi connectivity index (χ4n) is 2.32. The van der Waals surface area contributed by atoms with E-state index in [0.717, 1.165) is 10.0 Å². The molecule has 1 N–H and O–H groups in total. The molecule has 1 amide bonds. The van der Waals surface area contributed by atoms with Crippen molar-refractivity contribution in [3.05, 3.63) is 34.3 Å². The lowest BCUT2D eigenvalue weighted by molar-refractivity contribution is -0.149. The first kappa shape index (κ1) is 15.8. The van der Waals surface area contributed by atoms with E-state index in [9.17, 15) is 14.7 Å². The second-order valence-corrected chi connectivity index (χ2v) is 6.99. The second kappa shape index (κ2) is 5.67. The molecular weight excluding hydrogens is 338 g/mol. The summed E-state index contributed by atoms with van der Waals surface area (Å²) in [7, 11) is 0. The van der Waals surface area contributed by atoms with Gasteiger partial charge in [0, 0.05) is 16.9 Å². The van der Waals surface area contributed by atoms with Gasteiger partial charge in [-0.1, -0.05) is 28.1 Å². The van der Waals surface area contributed by atoms with Crippen molar-refractivity contribution in [3.63, 3.8) is 0 Å². The highest BCUT2D eigenvalue weighted by atomic mass is 79.9. The van der Waals surface area contributed by atoms with E-state index in [-0.39, 0.29) is 5.92 Å². The summed E-state index contributed by atoms with van der Waals surface area (Å²) < 4.78 is 6.17. The quantitative estimate of drug-likeness (QED) is 0.884. The van der Waals surface area contributed by atoms with Crippen LogP contribution in [0.2, 0.25) is 0 Å². The monoisotopic (exact) mass is 355 g/mol. The maximum atomic E-state index is 12.0. The van der Waals surface area contributed by atoms with Crippen LogP contribution in [0.25, 0.3) is 0 Å². The number of carboxylic acid groups (broad SMARTS) is 1. The first-order valence-electron chi connectivity index (χ1n) is 6.67. The number of hydrogen-bond acceptors (Lipinski definition) is 3. The number of aliphatic carboxylic acids is 1. The first-order chi connectivity index (χ1) is 9.69. The Hall–Kier alpha value is -1.56. The van der Waals surface area contributed by atoms with Gasteiger partial charge in [-0.3, -0.25) is 4.90 Å². The predicted molar refractivity (Wildman–Crippen MR) is 81.2 cm³/mol. The molecule has 1 aliphatic rings. The van der Waals surface area contributed by atoms with Gasteiger partial charge in [0.2, 0.25) is 0 Å². The molecular formula is C15H18BrNO4. The van der Waals surface area contributed by atoms with Gasteiger partial charge in [0.05, 0.1) is 0 Å². The molecule has 2 rings (SSSR count). The van der Waals surface area contributed by atoms with Gasteiger partial charge < -0.3 is 9.84 Å². The van der Waals surface area contributed by atoms with Crippen LogP contribution in [0.3, 0.4) is 0 Å². The van der Waals surface area contributed by atoms with E-state index in [2.05, 4.69) is 15.9 Å². The number of carbonyl (C=O) groups excluding carboxylic acids is 1. The van der Waals surface area contributed by atoms with E-state index in [4.69, 9.17) is 4.74 Å². The lowest BCUT2D eigenvalue weighted by Gasteiger charge is -2.45. The molecule has 0 saturated carbocycles. The van der Waals surface area contributed by atoms with Crippen molar-refractivity contribution in [2.75, 3.05) is 6.54 Å². The molecule has 1 aromatic carbocycles. The molecule has 114 valence electrons. The standard InChI is InChI=1S/C15H18BrNO4/c1-15(2,3)21-14(20)17-8-11(12(17)13(18)19)9-4-6-10(16)7-5-9/h4-7,11-12H,8H2,1-3H3,(H,18,19)/t11-,12+/m1/s1. The third-order valence-corrected chi connectivity index (χ3v) is 3.82. The van der Waals surface area contributed by atoms with Gasteiger partial charge in [-0.25, -0.2) is 9.59 Å². The van der Waals surface area contributed by atoms with Crippen molar-refractivity contribution in [1.29, 1.82) is 0 Å². The molecule has 5 nitrogen and oxygen atoms in total. The number of carboxylic acids is 1. The third-order valence-electron chi connectivity index (χ3n) is 3.29. The molecule has 0 unspecified atom stereocenters. The van der Waals surface area contributed by atoms with Gasteiger partial charge in [0.1, 0.15) is 11.6 Å². The van der Waals surface area contributed by atoms with Crippen LogP contribution in [-0.4, -0.2) is 40.3 Å². The molecule has 2 atom stereocenters. The number of nitrogens with zero attached hydrogens (tertiary/aromatic N) is 1. The maximum Gasteiger partial charge on any atom is 0.411 e. The Morgan fingerprint density at radius 3 is 2.33 bits per heavy atom. The molecule has 1 aliphatic heterocycles. The summed E-state index contributed by atoms with van der Waals surface area (Å²) in [5, 5.41) is 9.38. The van der Waals surface area contributed by atoms with Crippen LogP contribution in [-0.2, 0) is 9.53 Å². The van der Waals surface area contributed by atoms with E-state index in [1.165, 1.54) is 4.90 Å². The van der Waals surface area contributed by atoms with Crippen LogP contribution in [0, 0.1) is 0 Å². The molecule has 0 aliphatic carbocycles. The van der Waals surface area contributed by atoms with Gasteiger partial charge in [-0.05, 0) is 38.5 Å². The van der Waals surface area contributed by atoms with Gasteiger partial charge in [0.15, 0.2) is 0 Å². The molecule has 0 spiro atoms. The summed E-state index contributed by atoms with van der Waals surface area (Å²) in [6.07, 6.45) is -0.580. The first-order valence-corrected chi connectivity index (χ1v) is 7.46. The second-order valence-electron chi connectivity index (χ2n) is 6.07. The molecule has 1 fully saturated rings. The minimum Gasteiger partial charge on any atom is -0.480 e. The SMILES string of the molecule is CC(C)(C)OC(=O)N1C[C@H](c2ccc(Br)cc2)[C@H]1C(=O)O. The number of amides is 1. The van der Waals surface area contributed by atoms with Gasteiger partial charge in [-0.2, -0.15) is 0 Å². The van der Waals surface area contributed by atoms with Crippen molar-refractivity contribution in [2.24, 2.45) is 0 Å².